The van der Waals surface area contributed by atoms with E-state index in [-0.39, 0.29) is 49.3 Å². The molecule has 10 rings (SSSR count). The molecule has 6 aromatic rings. The standard InChI is InChI=1S/C25H38N8O11P2.C23H34N8O9P2/c1-7-13-17(19(37-2)23(41-13)32-9-8-15(26)31-25(32)34)44-46(6,36)40-10-14-18(43-45(5,35)39-4)20(38-3)24(42-14)33-12-30-16-21(27)28-11-29-22(16)33;1-5-13-14(8-18(37-13)30-7-6-17(24)29-23(30)32)40-42(4,34)36-10-16-15(39-41(3,33)35-2)9-19(38-16)31-12-28-20-21(25)26-11-27-22(20)31/h8-9,11-14,17-20,23-24H,7,10H2,1-6H3,(H2,26,31,34)(H2,27,28,29);6-7,11-16,18-19H,5,8-10H2,1-4H3,(H2,24,29,32)(H2,25,26,27)/t13-,14-,17?,18?,19+,20+,23-,24-,45?,46?;13-,14?,15?,16-,18-,19-,41?,42?/m11/s1. The summed E-state index contributed by atoms with van der Waals surface area (Å²) in [6, 6.07) is 2.95. The molecule has 10 heterocycles. The number of imidazole rings is 2. The van der Waals surface area contributed by atoms with Gasteiger partial charge >= 0.3 is 41.8 Å². The number of fused-ring (bicyclic) bond motifs is 2. The Morgan fingerprint density at radius 3 is 1.49 bits per heavy atom. The van der Waals surface area contributed by atoms with Crippen LogP contribution in [0.1, 0.15) is 64.4 Å². The average molecular weight is 1320 g/mol. The number of methoxy groups -OCH3 is 2. The molecule has 6 aromatic heterocycles. The number of hydrogen-bond acceptors (Lipinski definition) is 32. The van der Waals surface area contributed by atoms with Crippen LogP contribution >= 0.6 is 30.4 Å². The van der Waals surface area contributed by atoms with Crippen molar-refractivity contribution in [1.82, 2.24) is 58.1 Å². The van der Waals surface area contributed by atoms with Gasteiger partial charge in [-0.2, -0.15) is 9.97 Å². The number of rotatable bonds is 24. The predicted molar refractivity (Wildman–Crippen MR) is 312 cm³/mol. The molecule has 88 heavy (non-hydrogen) atoms. The Morgan fingerprint density at radius 1 is 0.511 bits per heavy atom. The first-order valence-electron chi connectivity index (χ1n) is 27.4. The van der Waals surface area contributed by atoms with E-state index < -0.39 is 128 Å². The minimum absolute atomic E-state index is 0.0532. The number of nitrogens with zero attached hydrogens (tertiary/aromatic N) is 12. The molecule has 40 heteroatoms. The van der Waals surface area contributed by atoms with E-state index in [1.165, 1.54) is 114 Å². The second-order valence-electron chi connectivity index (χ2n) is 20.8. The predicted octanol–water partition coefficient (Wildman–Crippen LogP) is 3.87. The Bertz CT molecular complexity index is 3750. The van der Waals surface area contributed by atoms with Crippen molar-refractivity contribution >= 4 is 76.0 Å². The zero-order chi connectivity index (χ0) is 63.6. The van der Waals surface area contributed by atoms with Gasteiger partial charge in [0.15, 0.2) is 35.4 Å². The number of nitrogens with two attached hydrogens (primary N) is 4. The summed E-state index contributed by atoms with van der Waals surface area (Å²) in [5.74, 6) is 0.535. The van der Waals surface area contributed by atoms with Gasteiger partial charge < -0.3 is 78.5 Å². The summed E-state index contributed by atoms with van der Waals surface area (Å²) in [5, 5.41) is 0. The zero-order valence-corrected chi connectivity index (χ0v) is 53.2. The summed E-state index contributed by atoms with van der Waals surface area (Å²) in [6.07, 6.45) is -1.10. The molecule has 0 radical (unpaired) electrons. The van der Waals surface area contributed by atoms with E-state index in [9.17, 15) is 27.8 Å². The summed E-state index contributed by atoms with van der Waals surface area (Å²) in [6.45, 7) is 8.46. The van der Waals surface area contributed by atoms with Gasteiger partial charge in [-0.3, -0.25) is 45.6 Å². The molecule has 0 bridgehead atoms. The Kier molecular flexibility index (Phi) is 20.9. The molecule has 18 atom stereocenters. The highest BCUT2D eigenvalue weighted by atomic mass is 31.2. The summed E-state index contributed by atoms with van der Waals surface area (Å²) in [7, 11) is -9.21. The first kappa shape index (κ1) is 66.8. The monoisotopic (exact) mass is 1320 g/mol. The molecule has 0 amide bonds. The lowest BCUT2D eigenvalue weighted by molar-refractivity contribution is -0.0592. The van der Waals surface area contributed by atoms with Crippen LogP contribution in [0.4, 0.5) is 23.3 Å². The Labute approximate surface area is 502 Å². The molecule has 8 N–H and O–H groups in total. The third kappa shape index (κ3) is 14.9. The van der Waals surface area contributed by atoms with Crippen LogP contribution in [0, 0.1) is 0 Å². The number of nitrogen functional groups attached to an aromatic ring is 4. The molecule has 0 aliphatic carbocycles. The van der Waals surface area contributed by atoms with Crippen LogP contribution in [0.25, 0.3) is 22.3 Å². The number of hydrogen-bond donors (Lipinski definition) is 4. The summed E-state index contributed by atoms with van der Waals surface area (Å²) < 4.78 is 140. The van der Waals surface area contributed by atoms with Crippen molar-refractivity contribution < 1.29 is 82.9 Å². The minimum Gasteiger partial charge on any atom is -0.383 e. The molecule has 4 aliphatic rings. The maximum absolute atomic E-state index is 13.8. The zero-order valence-electron chi connectivity index (χ0n) is 49.6. The van der Waals surface area contributed by atoms with E-state index in [0.29, 0.717) is 35.2 Å². The van der Waals surface area contributed by atoms with Gasteiger partial charge in [-0.1, -0.05) is 13.8 Å². The van der Waals surface area contributed by atoms with Crippen molar-refractivity contribution in [3.8, 4) is 0 Å². The average Bonchev–Trinajstić information content (AvgIpc) is 3.90. The van der Waals surface area contributed by atoms with E-state index in [0.717, 1.165) is 0 Å². The highest BCUT2D eigenvalue weighted by Gasteiger charge is 2.53. The first-order chi connectivity index (χ1) is 41.7. The Morgan fingerprint density at radius 2 is 0.943 bits per heavy atom. The van der Waals surface area contributed by atoms with Crippen LogP contribution in [0.2, 0.25) is 0 Å². The molecule has 36 nitrogen and oxygen atoms in total. The van der Waals surface area contributed by atoms with E-state index in [2.05, 4.69) is 39.9 Å². The van der Waals surface area contributed by atoms with Crippen LogP contribution in [0.5, 0.6) is 0 Å². The van der Waals surface area contributed by atoms with Crippen molar-refractivity contribution in [2.24, 2.45) is 0 Å². The Balaban J connectivity index is 0.000000210. The Hall–Kier alpha value is -5.58. The van der Waals surface area contributed by atoms with Crippen LogP contribution < -0.4 is 34.3 Å². The smallest absolute Gasteiger partial charge is 0.351 e. The van der Waals surface area contributed by atoms with Gasteiger partial charge in [-0.05, 0) is 25.0 Å². The lowest BCUT2D eigenvalue weighted by Gasteiger charge is -2.28. The normalized spacial score (nSPS) is 30.0. The van der Waals surface area contributed by atoms with Crippen molar-refractivity contribution in [3.05, 3.63) is 70.8 Å². The molecule has 0 aromatic carbocycles. The topological polar surface area (TPSA) is 459 Å². The van der Waals surface area contributed by atoms with Crippen LogP contribution in [-0.4, -0.2) is 187 Å². The third-order valence-electron chi connectivity index (χ3n) is 14.8. The van der Waals surface area contributed by atoms with Crippen molar-refractivity contribution in [3.63, 3.8) is 0 Å². The number of aromatic nitrogens is 12. The van der Waals surface area contributed by atoms with Gasteiger partial charge in [-0.15, -0.1) is 0 Å². The molecule has 4 aliphatic heterocycles. The van der Waals surface area contributed by atoms with Gasteiger partial charge in [-0.25, -0.2) is 39.5 Å². The molecule has 4 fully saturated rings. The maximum Gasteiger partial charge on any atom is 0.351 e. The van der Waals surface area contributed by atoms with Crippen molar-refractivity contribution in [1.29, 1.82) is 0 Å². The van der Waals surface area contributed by atoms with Crippen LogP contribution in [-0.2, 0) is 82.9 Å². The fourth-order valence-electron chi connectivity index (χ4n) is 10.5. The largest absolute Gasteiger partial charge is 0.383 e. The minimum atomic E-state index is -3.89. The van der Waals surface area contributed by atoms with E-state index in [1.807, 2.05) is 13.8 Å². The van der Waals surface area contributed by atoms with Crippen LogP contribution in [0.15, 0.2) is 59.4 Å². The van der Waals surface area contributed by atoms with Crippen LogP contribution in [0.3, 0.4) is 0 Å². The van der Waals surface area contributed by atoms with Gasteiger partial charge in [0.05, 0.1) is 50.3 Å². The summed E-state index contributed by atoms with van der Waals surface area (Å²) >= 11 is 0. The lowest BCUT2D eigenvalue weighted by atomic mass is 10.1. The van der Waals surface area contributed by atoms with E-state index >= 15 is 0 Å². The molecule has 8 unspecified atom stereocenters. The third-order valence-corrected chi connectivity index (χ3v) is 19.9. The quantitative estimate of drug-likeness (QED) is 0.0625. The SMILES string of the molecule is CC[C@H]1O[C@@H](n2ccc(N)nc2=O)CC1OP(C)(=O)OC[C@H]1O[C@@H](n2cnc3c(N)ncnc32)CC1OP(C)(=O)OC.CC[C@H]1O[C@@H](n2ccc(N)nc2=O)[C@@H](OC)C1OP(C)(=O)OC[C@H]1O[C@@H](n2cnc3c(N)ncnc32)[C@@H](OC)C1OP(C)(=O)OC. The second-order valence-corrected chi connectivity index (χ2v) is 29.1. The maximum atomic E-state index is 13.8. The van der Waals surface area contributed by atoms with Gasteiger partial charge in [0.2, 0.25) is 0 Å². The molecular weight excluding hydrogens is 1240 g/mol. The fourth-order valence-corrected chi connectivity index (χ4v) is 14.4. The van der Waals surface area contributed by atoms with E-state index in [4.69, 9.17) is 87.5 Å². The first-order valence-corrected chi connectivity index (χ1v) is 35.3. The highest BCUT2D eigenvalue weighted by molar-refractivity contribution is 7.53. The summed E-state index contributed by atoms with van der Waals surface area (Å²) in [5.41, 5.74) is 23.5. The van der Waals surface area contributed by atoms with E-state index in [1.54, 1.807) is 9.13 Å². The van der Waals surface area contributed by atoms with Crippen molar-refractivity contribution in [2.75, 3.05) is 91.2 Å². The van der Waals surface area contributed by atoms with Crippen molar-refractivity contribution in [2.45, 2.75) is 125 Å². The summed E-state index contributed by atoms with van der Waals surface area (Å²) in [4.78, 5) is 57.4. The number of ether oxygens (including phenoxy) is 6. The highest BCUT2D eigenvalue weighted by Crippen LogP contribution is 2.54. The fraction of sp³-hybridized carbons (Fsp3) is 0.625. The van der Waals surface area contributed by atoms with Gasteiger partial charge in [0, 0.05) is 80.3 Å². The molecule has 0 spiro atoms. The van der Waals surface area contributed by atoms with Gasteiger partial charge in [0.25, 0.3) is 0 Å². The second kappa shape index (κ2) is 27.5. The lowest BCUT2D eigenvalue weighted by Crippen LogP contribution is -2.38. The molecule has 4 saturated heterocycles. The molecular formula is C48H72N16O20P4. The molecule has 0 saturated carbocycles. The molecule has 484 valence electrons. The number of anilines is 4. The van der Waals surface area contributed by atoms with Gasteiger partial charge in [0.1, 0.15) is 84.4 Å².